The number of aryl methyl sites for hydroxylation is 3. The first kappa shape index (κ1) is 14.3. The van der Waals surface area contributed by atoms with E-state index < -0.39 is 0 Å². The summed E-state index contributed by atoms with van der Waals surface area (Å²) in [5.74, 6) is 1.51. The van der Waals surface area contributed by atoms with Crippen LogP contribution in [-0.4, -0.2) is 23.6 Å². The van der Waals surface area contributed by atoms with Crippen molar-refractivity contribution < 1.29 is 4.74 Å². The number of anilines is 1. The third-order valence-electron chi connectivity index (χ3n) is 3.11. The van der Waals surface area contributed by atoms with Gasteiger partial charge in [0, 0.05) is 17.8 Å². The molecule has 2 rings (SSSR count). The van der Waals surface area contributed by atoms with Crippen LogP contribution in [0.3, 0.4) is 0 Å². The summed E-state index contributed by atoms with van der Waals surface area (Å²) in [6.07, 6.45) is 0. The van der Waals surface area contributed by atoms with Crippen LogP contribution in [0.5, 0.6) is 5.75 Å². The van der Waals surface area contributed by atoms with E-state index in [0.29, 0.717) is 5.95 Å². The van der Waals surface area contributed by atoms with Gasteiger partial charge in [-0.3, -0.25) is 0 Å². The molecular formula is C16H21N3O. The number of rotatable bonds is 4. The van der Waals surface area contributed by atoms with Gasteiger partial charge in [0.25, 0.3) is 0 Å². The summed E-state index contributed by atoms with van der Waals surface area (Å²) in [6.45, 7) is 8.95. The predicted molar refractivity (Wildman–Crippen MR) is 82.4 cm³/mol. The van der Waals surface area contributed by atoms with E-state index in [0.717, 1.165) is 34.8 Å². The molecule has 4 heteroatoms. The summed E-state index contributed by atoms with van der Waals surface area (Å²) in [6, 6.07) is 6.16. The second kappa shape index (κ2) is 5.90. The number of hydrogen-bond donors (Lipinski definition) is 1. The van der Waals surface area contributed by atoms with E-state index >= 15 is 0 Å². The SMILES string of the molecule is CCNc1nc(C)cc(-c2c(C)cc(C)cc2OC)n1. The predicted octanol–water partition coefficient (Wildman–Crippen LogP) is 3.51. The van der Waals surface area contributed by atoms with Crippen LogP contribution < -0.4 is 10.1 Å². The second-order valence-electron chi connectivity index (χ2n) is 4.91. The molecule has 1 N–H and O–H groups in total. The van der Waals surface area contributed by atoms with E-state index in [1.54, 1.807) is 7.11 Å². The molecule has 1 heterocycles. The molecule has 0 atom stereocenters. The summed E-state index contributed by atoms with van der Waals surface area (Å²) >= 11 is 0. The van der Waals surface area contributed by atoms with Crippen molar-refractivity contribution in [3.8, 4) is 17.0 Å². The Hall–Kier alpha value is -2.10. The third-order valence-corrected chi connectivity index (χ3v) is 3.11. The molecule has 0 aliphatic carbocycles. The molecule has 0 saturated carbocycles. The molecule has 0 unspecified atom stereocenters. The highest BCUT2D eigenvalue weighted by molar-refractivity contribution is 5.72. The number of ether oxygens (including phenoxy) is 1. The standard InChI is InChI=1S/C16H21N3O/c1-6-17-16-18-12(4)9-13(19-16)15-11(3)7-10(2)8-14(15)20-5/h7-9H,6H2,1-5H3,(H,17,18,19). The Morgan fingerprint density at radius 1 is 1.10 bits per heavy atom. The quantitative estimate of drug-likeness (QED) is 0.924. The lowest BCUT2D eigenvalue weighted by molar-refractivity contribution is 0.415. The van der Waals surface area contributed by atoms with Crippen molar-refractivity contribution in [1.82, 2.24) is 9.97 Å². The van der Waals surface area contributed by atoms with Crippen molar-refractivity contribution in [2.24, 2.45) is 0 Å². The molecule has 4 nitrogen and oxygen atoms in total. The molecule has 0 amide bonds. The first-order valence-corrected chi connectivity index (χ1v) is 6.80. The van der Waals surface area contributed by atoms with Crippen LogP contribution in [0.15, 0.2) is 18.2 Å². The minimum atomic E-state index is 0.657. The molecule has 1 aromatic carbocycles. The molecule has 0 bridgehead atoms. The van der Waals surface area contributed by atoms with Crippen molar-refractivity contribution in [3.63, 3.8) is 0 Å². The summed E-state index contributed by atoms with van der Waals surface area (Å²) in [7, 11) is 1.69. The van der Waals surface area contributed by atoms with Gasteiger partial charge in [0.2, 0.25) is 5.95 Å². The van der Waals surface area contributed by atoms with Crippen LogP contribution in [0.1, 0.15) is 23.7 Å². The monoisotopic (exact) mass is 271 g/mol. The number of aromatic nitrogens is 2. The fourth-order valence-corrected chi connectivity index (χ4v) is 2.35. The molecule has 0 fully saturated rings. The van der Waals surface area contributed by atoms with Crippen LogP contribution in [0.2, 0.25) is 0 Å². The lowest BCUT2D eigenvalue weighted by Crippen LogP contribution is -2.04. The van der Waals surface area contributed by atoms with Crippen molar-refractivity contribution in [3.05, 3.63) is 35.0 Å². The lowest BCUT2D eigenvalue weighted by Gasteiger charge is -2.14. The number of nitrogens with one attached hydrogen (secondary N) is 1. The van der Waals surface area contributed by atoms with E-state index in [1.807, 2.05) is 26.0 Å². The van der Waals surface area contributed by atoms with Crippen molar-refractivity contribution in [2.75, 3.05) is 19.0 Å². The maximum Gasteiger partial charge on any atom is 0.223 e. The van der Waals surface area contributed by atoms with Gasteiger partial charge in [-0.2, -0.15) is 0 Å². The molecule has 0 aliphatic heterocycles. The van der Waals surface area contributed by atoms with Crippen LogP contribution in [0.25, 0.3) is 11.3 Å². The zero-order valence-electron chi connectivity index (χ0n) is 12.7. The highest BCUT2D eigenvalue weighted by Crippen LogP contribution is 2.33. The number of nitrogens with zero attached hydrogens (tertiary/aromatic N) is 2. The Bertz CT molecular complexity index is 623. The van der Waals surface area contributed by atoms with E-state index in [4.69, 9.17) is 4.74 Å². The summed E-state index contributed by atoms with van der Waals surface area (Å²) in [5, 5.41) is 3.16. The van der Waals surface area contributed by atoms with Crippen molar-refractivity contribution in [2.45, 2.75) is 27.7 Å². The van der Waals surface area contributed by atoms with Crippen molar-refractivity contribution >= 4 is 5.95 Å². The molecule has 2 aromatic rings. The molecule has 0 radical (unpaired) electrons. The molecule has 20 heavy (non-hydrogen) atoms. The Labute approximate surface area is 120 Å². The average molecular weight is 271 g/mol. The minimum Gasteiger partial charge on any atom is -0.496 e. The minimum absolute atomic E-state index is 0.657. The fourth-order valence-electron chi connectivity index (χ4n) is 2.35. The highest BCUT2D eigenvalue weighted by Gasteiger charge is 2.13. The first-order valence-electron chi connectivity index (χ1n) is 6.80. The van der Waals surface area contributed by atoms with Gasteiger partial charge in [0.05, 0.1) is 12.8 Å². The van der Waals surface area contributed by atoms with Crippen molar-refractivity contribution in [1.29, 1.82) is 0 Å². The second-order valence-corrected chi connectivity index (χ2v) is 4.91. The smallest absolute Gasteiger partial charge is 0.223 e. The summed E-state index contributed by atoms with van der Waals surface area (Å²) < 4.78 is 5.52. The highest BCUT2D eigenvalue weighted by atomic mass is 16.5. The Kier molecular flexibility index (Phi) is 4.23. The molecule has 0 aliphatic rings. The van der Waals surface area contributed by atoms with Crippen LogP contribution in [0.4, 0.5) is 5.95 Å². The first-order chi connectivity index (χ1) is 9.55. The third kappa shape index (κ3) is 2.90. The van der Waals surface area contributed by atoms with Gasteiger partial charge in [-0.25, -0.2) is 9.97 Å². The maximum atomic E-state index is 5.52. The van der Waals surface area contributed by atoms with E-state index in [-0.39, 0.29) is 0 Å². The van der Waals surface area contributed by atoms with E-state index in [2.05, 4.69) is 35.2 Å². The average Bonchev–Trinajstić information content (AvgIpc) is 2.37. The summed E-state index contributed by atoms with van der Waals surface area (Å²) in [5.41, 5.74) is 5.20. The Morgan fingerprint density at radius 2 is 1.85 bits per heavy atom. The van der Waals surface area contributed by atoms with Crippen LogP contribution >= 0.6 is 0 Å². The number of hydrogen-bond acceptors (Lipinski definition) is 4. The largest absolute Gasteiger partial charge is 0.496 e. The lowest BCUT2D eigenvalue weighted by atomic mass is 10.0. The molecule has 106 valence electrons. The van der Waals surface area contributed by atoms with Gasteiger partial charge in [-0.1, -0.05) is 6.07 Å². The normalized spacial score (nSPS) is 10.4. The number of benzene rings is 1. The molecular weight excluding hydrogens is 250 g/mol. The molecule has 0 saturated heterocycles. The zero-order chi connectivity index (χ0) is 14.7. The number of methoxy groups -OCH3 is 1. The van der Waals surface area contributed by atoms with Crippen LogP contribution in [0, 0.1) is 20.8 Å². The van der Waals surface area contributed by atoms with Gasteiger partial charge in [0.15, 0.2) is 0 Å². The van der Waals surface area contributed by atoms with Gasteiger partial charge >= 0.3 is 0 Å². The van der Waals surface area contributed by atoms with Gasteiger partial charge < -0.3 is 10.1 Å². The Balaban J connectivity index is 2.61. The van der Waals surface area contributed by atoms with E-state index in [9.17, 15) is 0 Å². The zero-order valence-corrected chi connectivity index (χ0v) is 12.7. The molecule has 0 spiro atoms. The van der Waals surface area contributed by atoms with Gasteiger partial charge in [-0.15, -0.1) is 0 Å². The fraction of sp³-hybridized carbons (Fsp3) is 0.375. The van der Waals surface area contributed by atoms with E-state index in [1.165, 1.54) is 5.56 Å². The van der Waals surface area contributed by atoms with Crippen LogP contribution in [-0.2, 0) is 0 Å². The van der Waals surface area contributed by atoms with Gasteiger partial charge in [-0.05, 0) is 51.0 Å². The maximum absolute atomic E-state index is 5.52. The van der Waals surface area contributed by atoms with Gasteiger partial charge in [0.1, 0.15) is 5.75 Å². The Morgan fingerprint density at radius 3 is 2.50 bits per heavy atom. The topological polar surface area (TPSA) is 47.0 Å². The molecule has 1 aromatic heterocycles. The summed E-state index contributed by atoms with van der Waals surface area (Å²) in [4.78, 5) is 8.98.